The average molecular weight is 134 g/mol. The molecule has 0 rings (SSSR count). The van der Waals surface area contributed by atoms with Crippen molar-refractivity contribution >= 4 is 11.6 Å². The van der Waals surface area contributed by atoms with E-state index in [2.05, 4.69) is 0 Å². The maximum absolute atomic E-state index is 8.88. The Labute approximate surface area is 53.7 Å². The van der Waals surface area contributed by atoms with Crippen LogP contribution in [0, 0.1) is 11.3 Å². The summed E-state index contributed by atoms with van der Waals surface area (Å²) in [6.07, 6.45) is 0.324. The first-order chi connectivity index (χ1) is 3.62. The first kappa shape index (κ1) is 7.74. The van der Waals surface area contributed by atoms with Crippen molar-refractivity contribution in [3.05, 3.63) is 0 Å². The highest BCUT2D eigenvalue weighted by molar-refractivity contribution is 6.17. The zero-order valence-electron chi connectivity index (χ0n) is 4.69. The maximum Gasteiger partial charge on any atom is 0.149 e. The highest BCUT2D eigenvalue weighted by Crippen LogP contribution is 2.06. The summed E-state index contributed by atoms with van der Waals surface area (Å²) in [5.41, 5.74) is -1.23. The molecule has 0 saturated heterocycles. The molecule has 0 aliphatic rings. The number of aliphatic hydroxyl groups is 1. The first-order valence-corrected chi connectivity index (χ1v) is 2.85. The van der Waals surface area contributed by atoms with E-state index >= 15 is 0 Å². The van der Waals surface area contributed by atoms with Crippen LogP contribution in [0.2, 0.25) is 0 Å². The summed E-state index contributed by atoms with van der Waals surface area (Å²) in [6.45, 7) is 1.44. The van der Waals surface area contributed by atoms with Crippen LogP contribution in [0.4, 0.5) is 0 Å². The number of hydrogen-bond donors (Lipinski definition) is 1. The minimum atomic E-state index is -1.23. The number of nitriles is 1. The van der Waals surface area contributed by atoms with Crippen molar-refractivity contribution in [2.75, 3.05) is 5.88 Å². The van der Waals surface area contributed by atoms with Crippen molar-refractivity contribution in [1.82, 2.24) is 0 Å². The van der Waals surface area contributed by atoms with E-state index in [4.69, 9.17) is 22.0 Å². The van der Waals surface area contributed by atoms with Crippen LogP contribution in [-0.4, -0.2) is 16.6 Å². The summed E-state index contributed by atoms with van der Waals surface area (Å²) in [7, 11) is 0. The number of hydrogen-bond acceptors (Lipinski definition) is 2. The number of nitrogens with zero attached hydrogens (tertiary/aromatic N) is 1. The lowest BCUT2D eigenvalue weighted by Gasteiger charge is -2.09. The Hall–Kier alpha value is -0.260. The summed E-state index contributed by atoms with van der Waals surface area (Å²) in [5, 5.41) is 17.0. The minimum Gasteiger partial charge on any atom is -0.376 e. The van der Waals surface area contributed by atoms with Gasteiger partial charge in [0, 0.05) is 12.3 Å². The molecule has 2 nitrogen and oxygen atoms in total. The number of halogens is 1. The summed E-state index contributed by atoms with van der Waals surface area (Å²) in [4.78, 5) is 0. The smallest absolute Gasteiger partial charge is 0.149 e. The molecule has 0 bridgehead atoms. The van der Waals surface area contributed by atoms with Crippen molar-refractivity contribution in [1.29, 1.82) is 5.26 Å². The predicted molar refractivity (Wildman–Crippen MR) is 31.6 cm³/mol. The van der Waals surface area contributed by atoms with Crippen LogP contribution in [0.5, 0.6) is 0 Å². The van der Waals surface area contributed by atoms with Gasteiger partial charge in [-0.05, 0) is 6.92 Å². The summed E-state index contributed by atoms with van der Waals surface area (Å²) >= 11 is 5.25. The molecule has 0 amide bonds. The van der Waals surface area contributed by atoms with E-state index in [1.54, 1.807) is 6.07 Å². The Kier molecular flexibility index (Phi) is 2.81. The molecule has 46 valence electrons. The monoisotopic (exact) mass is 133 g/mol. The second kappa shape index (κ2) is 2.91. The molecular weight excluding hydrogens is 126 g/mol. The molecule has 0 aromatic carbocycles. The summed E-state index contributed by atoms with van der Waals surface area (Å²) in [6, 6.07) is 1.71. The van der Waals surface area contributed by atoms with E-state index in [9.17, 15) is 0 Å². The Balaban J connectivity index is 3.59. The van der Waals surface area contributed by atoms with Crippen LogP contribution in [0.15, 0.2) is 0 Å². The molecule has 0 aliphatic carbocycles. The average Bonchev–Trinajstić information content (AvgIpc) is 1.67. The number of rotatable bonds is 2. The second-order valence-corrected chi connectivity index (χ2v) is 2.20. The minimum absolute atomic E-state index is 0.320. The van der Waals surface area contributed by atoms with Crippen molar-refractivity contribution in [3.63, 3.8) is 0 Å². The van der Waals surface area contributed by atoms with Crippen LogP contribution in [0.1, 0.15) is 13.3 Å². The molecule has 1 atom stereocenters. The molecule has 0 heterocycles. The van der Waals surface area contributed by atoms with Gasteiger partial charge < -0.3 is 5.11 Å². The van der Waals surface area contributed by atoms with Crippen molar-refractivity contribution in [2.24, 2.45) is 0 Å². The van der Waals surface area contributed by atoms with Crippen LogP contribution in [0.25, 0.3) is 0 Å². The van der Waals surface area contributed by atoms with Gasteiger partial charge in [0.1, 0.15) is 5.60 Å². The van der Waals surface area contributed by atoms with E-state index in [1.165, 1.54) is 6.92 Å². The predicted octanol–water partition coefficient (Wildman–Crippen LogP) is 0.890. The SMILES string of the molecule is CC(O)(C#N)CCCl. The molecule has 8 heavy (non-hydrogen) atoms. The number of alkyl halides is 1. The second-order valence-electron chi connectivity index (χ2n) is 1.82. The van der Waals surface area contributed by atoms with Gasteiger partial charge in [-0.1, -0.05) is 0 Å². The zero-order chi connectivity index (χ0) is 6.62. The lowest BCUT2D eigenvalue weighted by molar-refractivity contribution is 0.116. The summed E-state index contributed by atoms with van der Waals surface area (Å²) in [5.74, 6) is 0.320. The molecule has 0 radical (unpaired) electrons. The quantitative estimate of drug-likeness (QED) is 0.449. The van der Waals surface area contributed by atoms with Crippen LogP contribution in [-0.2, 0) is 0 Å². The topological polar surface area (TPSA) is 44.0 Å². The van der Waals surface area contributed by atoms with Crippen LogP contribution >= 0.6 is 11.6 Å². The third-order valence-corrected chi connectivity index (χ3v) is 1.01. The van der Waals surface area contributed by atoms with Crippen LogP contribution < -0.4 is 0 Å². The van der Waals surface area contributed by atoms with E-state index < -0.39 is 5.60 Å². The van der Waals surface area contributed by atoms with Gasteiger partial charge >= 0.3 is 0 Å². The van der Waals surface area contributed by atoms with Crippen molar-refractivity contribution in [3.8, 4) is 6.07 Å². The lowest BCUT2D eigenvalue weighted by Crippen LogP contribution is -2.21. The highest BCUT2D eigenvalue weighted by atomic mass is 35.5. The van der Waals surface area contributed by atoms with Gasteiger partial charge in [-0.2, -0.15) is 5.26 Å². The van der Waals surface area contributed by atoms with Gasteiger partial charge in [0.25, 0.3) is 0 Å². The molecule has 0 spiro atoms. The van der Waals surface area contributed by atoms with E-state index in [1.807, 2.05) is 0 Å². The molecular formula is C5H8ClNO. The van der Waals surface area contributed by atoms with E-state index in [-0.39, 0.29) is 0 Å². The molecule has 3 heteroatoms. The third kappa shape index (κ3) is 2.84. The normalized spacial score (nSPS) is 16.8. The lowest BCUT2D eigenvalue weighted by atomic mass is 10.1. The molecule has 0 aliphatic heterocycles. The van der Waals surface area contributed by atoms with E-state index in [0.717, 1.165) is 0 Å². The van der Waals surface area contributed by atoms with Gasteiger partial charge in [-0.25, -0.2) is 0 Å². The Morgan fingerprint density at radius 3 is 2.50 bits per heavy atom. The fourth-order valence-electron chi connectivity index (χ4n) is 0.240. The van der Waals surface area contributed by atoms with Gasteiger partial charge in [0.2, 0.25) is 0 Å². The Morgan fingerprint density at radius 1 is 1.88 bits per heavy atom. The first-order valence-electron chi connectivity index (χ1n) is 2.32. The maximum atomic E-state index is 8.88. The Morgan fingerprint density at radius 2 is 2.38 bits per heavy atom. The van der Waals surface area contributed by atoms with Gasteiger partial charge in [0.15, 0.2) is 0 Å². The van der Waals surface area contributed by atoms with Crippen LogP contribution in [0.3, 0.4) is 0 Å². The largest absolute Gasteiger partial charge is 0.376 e. The highest BCUT2D eigenvalue weighted by Gasteiger charge is 2.16. The van der Waals surface area contributed by atoms with Crippen molar-refractivity contribution in [2.45, 2.75) is 18.9 Å². The van der Waals surface area contributed by atoms with Gasteiger partial charge in [0.05, 0.1) is 6.07 Å². The molecule has 0 aromatic heterocycles. The fraction of sp³-hybridized carbons (Fsp3) is 0.800. The molecule has 0 saturated carbocycles. The molecule has 1 N–H and O–H groups in total. The summed E-state index contributed by atoms with van der Waals surface area (Å²) < 4.78 is 0. The van der Waals surface area contributed by atoms with Gasteiger partial charge in [-0.3, -0.25) is 0 Å². The van der Waals surface area contributed by atoms with Gasteiger partial charge in [-0.15, -0.1) is 11.6 Å². The molecule has 0 fully saturated rings. The Bertz CT molecular complexity index is 105. The standard InChI is InChI=1S/C5H8ClNO/c1-5(8,4-7)2-3-6/h8H,2-3H2,1H3. The molecule has 0 aromatic rings. The third-order valence-electron chi connectivity index (χ3n) is 0.822. The zero-order valence-corrected chi connectivity index (χ0v) is 5.44. The van der Waals surface area contributed by atoms with Crippen molar-refractivity contribution < 1.29 is 5.11 Å². The fourth-order valence-corrected chi connectivity index (χ4v) is 0.608. The van der Waals surface area contributed by atoms with E-state index in [0.29, 0.717) is 12.3 Å². The molecule has 1 unspecified atom stereocenters.